The van der Waals surface area contributed by atoms with Crippen molar-refractivity contribution in [2.75, 3.05) is 33.3 Å². The van der Waals surface area contributed by atoms with Crippen LogP contribution in [-0.4, -0.2) is 66.0 Å². The van der Waals surface area contributed by atoms with Crippen molar-refractivity contribution in [1.29, 1.82) is 0 Å². The van der Waals surface area contributed by atoms with Gasteiger partial charge in [-0.2, -0.15) is 0 Å². The van der Waals surface area contributed by atoms with Crippen molar-refractivity contribution < 1.29 is 19.1 Å². The largest absolute Gasteiger partial charge is 0.497 e. The lowest BCUT2D eigenvalue weighted by molar-refractivity contribution is -0.130. The molecule has 2 unspecified atom stereocenters. The van der Waals surface area contributed by atoms with Crippen molar-refractivity contribution in [3.05, 3.63) is 99.5 Å². The Labute approximate surface area is 257 Å². The molecular formula is C33H35Cl2N3O4. The van der Waals surface area contributed by atoms with Crippen LogP contribution in [0.25, 0.3) is 5.70 Å². The van der Waals surface area contributed by atoms with Crippen LogP contribution in [0.1, 0.15) is 49.4 Å². The van der Waals surface area contributed by atoms with Crippen molar-refractivity contribution in [3.8, 4) is 11.5 Å². The van der Waals surface area contributed by atoms with Crippen LogP contribution in [-0.2, 0) is 4.79 Å². The number of hydrogen-bond acceptors (Lipinski definition) is 4. The maximum Gasteiger partial charge on any atom is 0.325 e. The van der Waals surface area contributed by atoms with Crippen LogP contribution < -0.4 is 9.47 Å². The topological polar surface area (TPSA) is 62.3 Å². The molecule has 0 radical (unpaired) electrons. The summed E-state index contributed by atoms with van der Waals surface area (Å²) in [6, 6.07) is 20.6. The summed E-state index contributed by atoms with van der Waals surface area (Å²) < 4.78 is 11.8. The fourth-order valence-electron chi connectivity index (χ4n) is 5.63. The fourth-order valence-corrected chi connectivity index (χ4v) is 5.88. The zero-order chi connectivity index (χ0) is 30.0. The van der Waals surface area contributed by atoms with Gasteiger partial charge in [0.25, 0.3) is 0 Å². The van der Waals surface area contributed by atoms with Gasteiger partial charge in [-0.3, -0.25) is 9.69 Å². The number of amides is 3. The van der Waals surface area contributed by atoms with E-state index in [9.17, 15) is 9.59 Å². The van der Waals surface area contributed by atoms with Crippen molar-refractivity contribution >= 4 is 40.8 Å². The average molecular weight is 609 g/mol. The van der Waals surface area contributed by atoms with Crippen LogP contribution in [0.5, 0.6) is 11.5 Å². The molecule has 0 aromatic heterocycles. The van der Waals surface area contributed by atoms with E-state index in [1.165, 1.54) is 0 Å². The molecule has 3 aromatic rings. The number of ether oxygens (including phenoxy) is 2. The highest BCUT2D eigenvalue weighted by molar-refractivity contribution is 6.30. The van der Waals surface area contributed by atoms with Crippen LogP contribution in [0.4, 0.5) is 4.79 Å². The standard InChI is InChI=1S/C33H35Cl2N3O4/c1-21(2)42-31-19-27(41-4)13-14-28(31)30-20-29(23-5-9-25(34)10-6-23)32(24-7-11-26(35)12-8-24)38(30)33(40)37-17-15-36(16-18-37)22(3)39/h5-14,19-21,29,32H,15-18H2,1-4H3. The van der Waals surface area contributed by atoms with Crippen molar-refractivity contribution in [1.82, 2.24) is 14.7 Å². The molecule has 3 aromatic carbocycles. The predicted octanol–water partition coefficient (Wildman–Crippen LogP) is 7.25. The van der Waals surface area contributed by atoms with E-state index in [1.807, 2.05) is 90.4 Å². The molecule has 0 N–H and O–H groups in total. The van der Waals surface area contributed by atoms with Gasteiger partial charge < -0.3 is 19.3 Å². The summed E-state index contributed by atoms with van der Waals surface area (Å²) >= 11 is 12.6. The van der Waals surface area contributed by atoms with Crippen molar-refractivity contribution in [2.45, 2.75) is 38.8 Å². The molecule has 1 fully saturated rings. The number of rotatable bonds is 6. The SMILES string of the molecule is COc1ccc(C2=CC(c3ccc(Cl)cc3)C(c3ccc(Cl)cc3)N2C(=O)N2CCN(C(C)=O)CC2)c(OC(C)C)c1. The molecule has 2 heterocycles. The number of benzene rings is 3. The maximum absolute atomic E-state index is 14.6. The Balaban J connectivity index is 1.66. The molecule has 42 heavy (non-hydrogen) atoms. The number of carbonyl (C=O) groups excluding carboxylic acids is 2. The normalized spacial score (nSPS) is 18.7. The highest BCUT2D eigenvalue weighted by Crippen LogP contribution is 2.50. The van der Waals surface area contributed by atoms with Crippen LogP contribution >= 0.6 is 23.2 Å². The minimum atomic E-state index is -0.370. The molecule has 0 spiro atoms. The number of hydrogen-bond donors (Lipinski definition) is 0. The molecule has 2 aliphatic rings. The third kappa shape index (κ3) is 6.22. The van der Waals surface area contributed by atoms with Gasteiger partial charge in [0.1, 0.15) is 11.5 Å². The summed E-state index contributed by atoms with van der Waals surface area (Å²) in [5.41, 5.74) is 3.50. The van der Waals surface area contributed by atoms with E-state index in [-0.39, 0.29) is 30.0 Å². The summed E-state index contributed by atoms with van der Waals surface area (Å²) in [7, 11) is 1.62. The van der Waals surface area contributed by atoms with Crippen LogP contribution in [0.2, 0.25) is 10.0 Å². The van der Waals surface area contributed by atoms with Crippen LogP contribution in [0.3, 0.4) is 0 Å². The molecule has 9 heteroatoms. The lowest BCUT2D eigenvalue weighted by Crippen LogP contribution is -2.53. The van der Waals surface area contributed by atoms with Crippen molar-refractivity contribution in [3.63, 3.8) is 0 Å². The second-order valence-electron chi connectivity index (χ2n) is 10.8. The number of carbonyl (C=O) groups is 2. The second kappa shape index (κ2) is 12.7. The van der Waals surface area contributed by atoms with Gasteiger partial charge in [-0.1, -0.05) is 47.5 Å². The first-order valence-electron chi connectivity index (χ1n) is 14.1. The van der Waals surface area contributed by atoms with Gasteiger partial charge in [0, 0.05) is 60.7 Å². The van der Waals surface area contributed by atoms with E-state index in [4.69, 9.17) is 32.7 Å². The van der Waals surface area contributed by atoms with Gasteiger partial charge in [-0.15, -0.1) is 0 Å². The highest BCUT2D eigenvalue weighted by atomic mass is 35.5. The van der Waals surface area contributed by atoms with Crippen LogP contribution in [0, 0.1) is 0 Å². The average Bonchev–Trinajstić information content (AvgIpc) is 3.37. The Bertz CT molecular complexity index is 1470. The van der Waals surface area contributed by atoms with E-state index < -0.39 is 0 Å². The number of urea groups is 1. The van der Waals surface area contributed by atoms with Gasteiger partial charge in [0.15, 0.2) is 0 Å². The third-order valence-electron chi connectivity index (χ3n) is 7.71. The van der Waals surface area contributed by atoms with E-state index in [0.29, 0.717) is 47.7 Å². The molecule has 1 saturated heterocycles. The Hall–Kier alpha value is -3.68. The summed E-state index contributed by atoms with van der Waals surface area (Å²) in [4.78, 5) is 32.1. The van der Waals surface area contributed by atoms with E-state index in [1.54, 1.807) is 18.9 Å². The summed E-state index contributed by atoms with van der Waals surface area (Å²) in [5.74, 6) is 1.12. The molecule has 5 rings (SSSR count). The maximum atomic E-state index is 14.6. The van der Waals surface area contributed by atoms with Gasteiger partial charge in [-0.25, -0.2) is 4.79 Å². The lowest BCUT2D eigenvalue weighted by Gasteiger charge is -2.40. The number of halogens is 2. The molecule has 0 aliphatic carbocycles. The Kier molecular flexibility index (Phi) is 8.99. The first-order valence-corrected chi connectivity index (χ1v) is 14.8. The minimum Gasteiger partial charge on any atom is -0.497 e. The van der Waals surface area contributed by atoms with Gasteiger partial charge in [0.05, 0.1) is 25.0 Å². The molecule has 2 aliphatic heterocycles. The summed E-state index contributed by atoms with van der Waals surface area (Å²) in [6.45, 7) is 7.37. The predicted molar refractivity (Wildman–Crippen MR) is 166 cm³/mol. The highest BCUT2D eigenvalue weighted by Gasteiger charge is 2.43. The number of methoxy groups -OCH3 is 1. The zero-order valence-corrected chi connectivity index (χ0v) is 25.7. The van der Waals surface area contributed by atoms with E-state index in [0.717, 1.165) is 22.4 Å². The number of nitrogens with zero attached hydrogens (tertiary/aromatic N) is 3. The van der Waals surface area contributed by atoms with Gasteiger partial charge >= 0.3 is 6.03 Å². The van der Waals surface area contributed by atoms with Gasteiger partial charge in [0.2, 0.25) is 5.91 Å². The third-order valence-corrected chi connectivity index (χ3v) is 8.21. The molecule has 7 nitrogen and oxygen atoms in total. The molecular weight excluding hydrogens is 573 g/mol. The molecule has 0 bridgehead atoms. The molecule has 2 atom stereocenters. The number of piperazine rings is 1. The van der Waals surface area contributed by atoms with E-state index >= 15 is 0 Å². The van der Waals surface area contributed by atoms with Crippen molar-refractivity contribution in [2.24, 2.45) is 0 Å². The fraction of sp³-hybridized carbons (Fsp3) is 0.333. The smallest absolute Gasteiger partial charge is 0.325 e. The Morgan fingerprint density at radius 3 is 1.95 bits per heavy atom. The second-order valence-corrected chi connectivity index (χ2v) is 11.7. The first kappa shape index (κ1) is 29.8. The quantitative estimate of drug-likeness (QED) is 0.296. The monoisotopic (exact) mass is 607 g/mol. The molecule has 220 valence electrons. The molecule has 3 amide bonds. The zero-order valence-electron chi connectivity index (χ0n) is 24.2. The Morgan fingerprint density at radius 2 is 1.40 bits per heavy atom. The minimum absolute atomic E-state index is 0.0133. The molecule has 0 saturated carbocycles. The lowest BCUT2D eigenvalue weighted by atomic mass is 9.88. The van der Waals surface area contributed by atoms with Crippen LogP contribution in [0.15, 0.2) is 72.8 Å². The summed E-state index contributed by atoms with van der Waals surface area (Å²) in [6.07, 6.45) is 2.04. The Morgan fingerprint density at radius 1 is 0.833 bits per heavy atom. The van der Waals surface area contributed by atoms with E-state index in [2.05, 4.69) is 6.08 Å². The van der Waals surface area contributed by atoms with Gasteiger partial charge in [-0.05, 0) is 67.4 Å². The first-order chi connectivity index (χ1) is 20.2. The summed E-state index contributed by atoms with van der Waals surface area (Å²) in [5, 5.41) is 1.26.